The van der Waals surface area contributed by atoms with Crippen molar-refractivity contribution in [2.75, 3.05) is 4.90 Å². The van der Waals surface area contributed by atoms with Gasteiger partial charge in [-0.1, -0.05) is 135 Å². The van der Waals surface area contributed by atoms with E-state index in [1.807, 2.05) is 11.3 Å². The number of fused-ring (bicyclic) bond motifs is 7. The number of hydrogen-bond donors (Lipinski definition) is 0. The molecule has 0 bridgehead atoms. The summed E-state index contributed by atoms with van der Waals surface area (Å²) in [5.74, 6) is 0. The molecule has 0 saturated heterocycles. The smallest absolute Gasteiger partial charge is 0.0465 e. The summed E-state index contributed by atoms with van der Waals surface area (Å²) >= 11 is 1.92. The predicted octanol–water partition coefficient (Wildman–Crippen LogP) is 13.2. The SMILES string of the molecule is CC1(C)c2cc(N(c3ccc(-c4ccccc4)cc3)c3ccc(-c4ccccc4)cc3)ccc2-c2c1ccc1c2sc2ccccc21. The van der Waals surface area contributed by atoms with Gasteiger partial charge in [-0.3, -0.25) is 0 Å². The van der Waals surface area contributed by atoms with E-state index in [0.717, 1.165) is 17.1 Å². The average Bonchev–Trinajstić information content (AvgIpc) is 3.62. The maximum absolute atomic E-state index is 2.44. The number of anilines is 3. The first-order chi connectivity index (χ1) is 23.1. The Bertz CT molecular complexity index is 2320. The molecule has 0 atom stereocenters. The molecular formula is C45H33NS. The van der Waals surface area contributed by atoms with Gasteiger partial charge in [0.1, 0.15) is 0 Å². The molecule has 0 spiro atoms. The van der Waals surface area contributed by atoms with Crippen LogP contribution in [-0.4, -0.2) is 0 Å². The predicted molar refractivity (Wildman–Crippen MR) is 202 cm³/mol. The molecule has 0 radical (unpaired) electrons. The molecule has 2 heteroatoms. The van der Waals surface area contributed by atoms with Crippen LogP contribution in [0.25, 0.3) is 53.6 Å². The summed E-state index contributed by atoms with van der Waals surface area (Å²) < 4.78 is 2.75. The zero-order valence-electron chi connectivity index (χ0n) is 26.4. The van der Waals surface area contributed by atoms with Crippen molar-refractivity contribution < 1.29 is 0 Å². The molecule has 1 aliphatic rings. The molecule has 1 heterocycles. The van der Waals surface area contributed by atoms with Gasteiger partial charge in [-0.25, -0.2) is 0 Å². The number of nitrogens with zero attached hydrogens (tertiary/aromatic N) is 1. The summed E-state index contributed by atoms with van der Waals surface area (Å²) in [6, 6.07) is 59.8. The van der Waals surface area contributed by atoms with Gasteiger partial charge < -0.3 is 4.90 Å². The third-order valence-electron chi connectivity index (χ3n) is 9.89. The molecule has 1 nitrogen and oxygen atoms in total. The van der Waals surface area contributed by atoms with Crippen molar-refractivity contribution in [3.63, 3.8) is 0 Å². The molecule has 1 aliphatic carbocycles. The molecular weight excluding hydrogens is 587 g/mol. The molecule has 7 aromatic carbocycles. The lowest BCUT2D eigenvalue weighted by molar-refractivity contribution is 0.661. The highest BCUT2D eigenvalue weighted by molar-refractivity contribution is 7.26. The summed E-state index contributed by atoms with van der Waals surface area (Å²) in [5, 5.41) is 2.71. The van der Waals surface area contributed by atoms with Crippen molar-refractivity contribution in [3.8, 4) is 33.4 Å². The first-order valence-corrected chi connectivity index (χ1v) is 17.1. The van der Waals surface area contributed by atoms with Crippen LogP contribution in [0.15, 0.2) is 164 Å². The molecule has 0 aliphatic heterocycles. The van der Waals surface area contributed by atoms with E-state index in [9.17, 15) is 0 Å². The van der Waals surface area contributed by atoms with E-state index in [2.05, 4.69) is 183 Å². The zero-order valence-corrected chi connectivity index (χ0v) is 27.3. The average molecular weight is 620 g/mol. The minimum Gasteiger partial charge on any atom is -0.310 e. The lowest BCUT2D eigenvalue weighted by Crippen LogP contribution is -2.16. The monoisotopic (exact) mass is 619 g/mol. The standard InChI is InChI=1S/C45H33NS/c1-45(2)40-28-27-38-37-15-9-10-16-42(37)47-44(38)43(40)39-26-25-36(29-41(39)45)46(34-21-17-32(18-22-34)30-11-5-3-6-12-30)35-23-19-33(20-24-35)31-13-7-4-8-14-31/h3-29H,1-2H3. The summed E-state index contributed by atoms with van der Waals surface area (Å²) in [6.45, 7) is 4.77. The minimum absolute atomic E-state index is 0.120. The summed E-state index contributed by atoms with van der Waals surface area (Å²) in [7, 11) is 0. The van der Waals surface area contributed by atoms with Crippen molar-refractivity contribution in [1.82, 2.24) is 0 Å². The second-order valence-electron chi connectivity index (χ2n) is 13.0. The van der Waals surface area contributed by atoms with Crippen LogP contribution in [0.2, 0.25) is 0 Å². The Labute approximate surface area is 280 Å². The van der Waals surface area contributed by atoms with Crippen LogP contribution >= 0.6 is 11.3 Å². The van der Waals surface area contributed by atoms with Gasteiger partial charge in [-0.15, -0.1) is 11.3 Å². The van der Waals surface area contributed by atoms with Gasteiger partial charge in [0.05, 0.1) is 0 Å². The van der Waals surface area contributed by atoms with Gasteiger partial charge in [0.2, 0.25) is 0 Å². The van der Waals surface area contributed by atoms with Crippen LogP contribution in [0.5, 0.6) is 0 Å². The van der Waals surface area contributed by atoms with Crippen LogP contribution in [0, 0.1) is 0 Å². The van der Waals surface area contributed by atoms with Gasteiger partial charge in [0, 0.05) is 48.2 Å². The fourth-order valence-electron chi connectivity index (χ4n) is 7.44. The second-order valence-corrected chi connectivity index (χ2v) is 14.0. The molecule has 0 saturated carbocycles. The van der Waals surface area contributed by atoms with Gasteiger partial charge in [0.25, 0.3) is 0 Å². The Kier molecular flexibility index (Phi) is 6.41. The van der Waals surface area contributed by atoms with Crippen LogP contribution in [0.3, 0.4) is 0 Å². The molecule has 9 rings (SSSR count). The molecule has 0 N–H and O–H groups in total. The van der Waals surface area contributed by atoms with Crippen molar-refractivity contribution in [1.29, 1.82) is 0 Å². The Morgan fingerprint density at radius 2 is 0.979 bits per heavy atom. The van der Waals surface area contributed by atoms with Gasteiger partial charge in [-0.2, -0.15) is 0 Å². The molecule has 224 valence electrons. The van der Waals surface area contributed by atoms with E-state index in [1.54, 1.807) is 0 Å². The fraction of sp³-hybridized carbons (Fsp3) is 0.0667. The van der Waals surface area contributed by atoms with Crippen molar-refractivity contribution >= 4 is 48.6 Å². The molecule has 0 amide bonds. The number of thiophene rings is 1. The number of benzene rings is 7. The molecule has 47 heavy (non-hydrogen) atoms. The van der Waals surface area contributed by atoms with Crippen LogP contribution < -0.4 is 4.90 Å². The minimum atomic E-state index is -0.120. The van der Waals surface area contributed by atoms with E-state index >= 15 is 0 Å². The van der Waals surface area contributed by atoms with Crippen molar-refractivity contribution in [2.45, 2.75) is 19.3 Å². The quantitative estimate of drug-likeness (QED) is 0.185. The van der Waals surface area contributed by atoms with Crippen LogP contribution in [-0.2, 0) is 5.41 Å². The Balaban J connectivity index is 1.19. The number of rotatable bonds is 5. The summed E-state index contributed by atoms with van der Waals surface area (Å²) in [4.78, 5) is 2.40. The first-order valence-electron chi connectivity index (χ1n) is 16.3. The molecule has 0 unspecified atom stereocenters. The summed E-state index contributed by atoms with van der Waals surface area (Å²) in [5.41, 5.74) is 13.7. The third kappa shape index (κ3) is 4.52. The lowest BCUT2D eigenvalue weighted by atomic mass is 9.82. The van der Waals surface area contributed by atoms with Gasteiger partial charge in [-0.05, 0) is 81.4 Å². The van der Waals surface area contributed by atoms with E-state index in [1.165, 1.54) is 64.7 Å². The van der Waals surface area contributed by atoms with E-state index in [4.69, 9.17) is 0 Å². The normalized spacial score (nSPS) is 13.1. The highest BCUT2D eigenvalue weighted by Crippen LogP contribution is 2.55. The van der Waals surface area contributed by atoms with Gasteiger partial charge >= 0.3 is 0 Å². The van der Waals surface area contributed by atoms with Crippen LogP contribution in [0.1, 0.15) is 25.0 Å². The molecule has 8 aromatic rings. The molecule has 1 aromatic heterocycles. The van der Waals surface area contributed by atoms with Gasteiger partial charge in [0.15, 0.2) is 0 Å². The second kappa shape index (κ2) is 10.8. The first kappa shape index (κ1) is 27.8. The van der Waals surface area contributed by atoms with E-state index in [-0.39, 0.29) is 5.41 Å². The highest BCUT2D eigenvalue weighted by atomic mass is 32.1. The summed E-state index contributed by atoms with van der Waals surface area (Å²) in [6.07, 6.45) is 0. The topological polar surface area (TPSA) is 3.24 Å². The van der Waals surface area contributed by atoms with E-state index in [0.29, 0.717) is 0 Å². The van der Waals surface area contributed by atoms with Crippen LogP contribution in [0.4, 0.5) is 17.1 Å². The Morgan fingerprint density at radius 1 is 0.447 bits per heavy atom. The fourth-order valence-corrected chi connectivity index (χ4v) is 8.71. The zero-order chi connectivity index (χ0) is 31.5. The maximum Gasteiger partial charge on any atom is 0.0465 e. The number of hydrogen-bond acceptors (Lipinski definition) is 2. The third-order valence-corrected chi connectivity index (χ3v) is 11.1. The molecule has 0 fully saturated rings. The van der Waals surface area contributed by atoms with Crippen molar-refractivity contribution in [2.24, 2.45) is 0 Å². The lowest BCUT2D eigenvalue weighted by Gasteiger charge is -2.28. The largest absolute Gasteiger partial charge is 0.310 e. The Hall–Kier alpha value is -5.44. The van der Waals surface area contributed by atoms with Crippen molar-refractivity contribution in [3.05, 3.63) is 175 Å². The van der Waals surface area contributed by atoms with E-state index < -0.39 is 0 Å². The highest BCUT2D eigenvalue weighted by Gasteiger charge is 2.37. The Morgan fingerprint density at radius 3 is 1.60 bits per heavy atom. The maximum atomic E-state index is 2.44.